The third kappa shape index (κ3) is 2.43. The lowest BCUT2D eigenvalue weighted by Crippen LogP contribution is -2.33. The molecule has 4 atom stereocenters. The number of fused-ring (bicyclic) bond motifs is 5. The first-order valence-corrected chi connectivity index (χ1v) is 9.48. The molecule has 2 amide bonds. The van der Waals surface area contributed by atoms with Crippen molar-refractivity contribution in [2.45, 2.75) is 13.3 Å². The molecule has 2 aromatic carbocycles. The van der Waals surface area contributed by atoms with Gasteiger partial charge in [0.2, 0.25) is 11.8 Å². The Morgan fingerprint density at radius 2 is 1.54 bits per heavy atom. The first-order chi connectivity index (χ1) is 13.5. The number of carbonyl (C=O) groups excluding carboxylic acids is 3. The molecule has 0 aromatic heterocycles. The molecule has 2 aromatic rings. The van der Waals surface area contributed by atoms with Crippen LogP contribution in [0.25, 0.3) is 0 Å². The number of hydrogen-bond acceptors (Lipinski definition) is 4. The lowest BCUT2D eigenvalue weighted by atomic mass is 9.85. The number of imide groups is 1. The van der Waals surface area contributed by atoms with Crippen LogP contribution in [0.15, 0.2) is 60.7 Å². The van der Waals surface area contributed by atoms with Crippen molar-refractivity contribution in [3.8, 4) is 5.75 Å². The monoisotopic (exact) mass is 373 g/mol. The molecule has 140 valence electrons. The second-order valence-corrected chi connectivity index (χ2v) is 7.74. The molecule has 2 fully saturated rings. The molecular weight excluding hydrogens is 354 g/mol. The number of para-hydroxylation sites is 2. The Balaban J connectivity index is 1.46. The molecule has 5 nitrogen and oxygen atoms in total. The van der Waals surface area contributed by atoms with E-state index < -0.39 is 5.97 Å². The molecule has 28 heavy (non-hydrogen) atoms. The Bertz CT molecular complexity index is 993. The topological polar surface area (TPSA) is 63.7 Å². The average Bonchev–Trinajstić information content (AvgIpc) is 3.37. The Morgan fingerprint density at radius 1 is 0.929 bits per heavy atom. The van der Waals surface area contributed by atoms with E-state index in [1.54, 1.807) is 36.4 Å². The molecule has 0 spiro atoms. The van der Waals surface area contributed by atoms with Crippen molar-refractivity contribution in [3.05, 3.63) is 71.8 Å². The van der Waals surface area contributed by atoms with Crippen molar-refractivity contribution in [1.29, 1.82) is 0 Å². The zero-order chi connectivity index (χ0) is 19.4. The van der Waals surface area contributed by atoms with E-state index in [0.717, 1.165) is 12.0 Å². The Morgan fingerprint density at radius 3 is 2.18 bits per heavy atom. The molecular formula is C23H19NO4. The van der Waals surface area contributed by atoms with Gasteiger partial charge in [-0.15, -0.1) is 0 Å². The number of benzene rings is 2. The van der Waals surface area contributed by atoms with Gasteiger partial charge in [0.05, 0.1) is 23.1 Å². The summed E-state index contributed by atoms with van der Waals surface area (Å²) in [5, 5.41) is 0. The maximum atomic E-state index is 13.1. The highest BCUT2D eigenvalue weighted by atomic mass is 16.5. The minimum atomic E-state index is -0.520. The van der Waals surface area contributed by atoms with Crippen LogP contribution in [0.4, 0.5) is 5.69 Å². The first kappa shape index (κ1) is 16.9. The SMILES string of the molecule is Cc1ccc(C(=O)Oc2ccccc2N2C(=O)C3C4C=CC(C4)C3C2=O)cc1. The normalized spacial score (nSPS) is 27.4. The summed E-state index contributed by atoms with van der Waals surface area (Å²) in [7, 11) is 0. The van der Waals surface area contributed by atoms with Gasteiger partial charge in [0.1, 0.15) is 0 Å². The molecule has 5 heteroatoms. The highest BCUT2D eigenvalue weighted by molar-refractivity contribution is 6.23. The number of carbonyl (C=O) groups is 3. The zero-order valence-corrected chi connectivity index (χ0v) is 15.4. The summed E-state index contributed by atoms with van der Waals surface area (Å²) >= 11 is 0. The Kier molecular flexibility index (Phi) is 3.72. The molecule has 0 radical (unpaired) electrons. The minimum Gasteiger partial charge on any atom is -0.421 e. The van der Waals surface area contributed by atoms with Gasteiger partial charge in [0.25, 0.3) is 0 Å². The van der Waals surface area contributed by atoms with E-state index >= 15 is 0 Å². The molecule has 4 unspecified atom stereocenters. The van der Waals surface area contributed by atoms with E-state index in [4.69, 9.17) is 4.74 Å². The maximum Gasteiger partial charge on any atom is 0.343 e. The Labute approximate surface area is 162 Å². The number of nitrogens with zero attached hydrogens (tertiary/aromatic N) is 1. The average molecular weight is 373 g/mol. The molecule has 1 saturated heterocycles. The highest BCUT2D eigenvalue weighted by Gasteiger charge is 2.59. The molecule has 5 rings (SSSR count). The van der Waals surface area contributed by atoms with Crippen molar-refractivity contribution in [2.75, 3.05) is 4.90 Å². The van der Waals surface area contributed by atoms with E-state index in [2.05, 4.69) is 12.2 Å². The maximum absolute atomic E-state index is 13.1. The smallest absolute Gasteiger partial charge is 0.343 e. The van der Waals surface area contributed by atoms with Gasteiger partial charge in [-0.3, -0.25) is 9.59 Å². The summed E-state index contributed by atoms with van der Waals surface area (Å²) < 4.78 is 5.57. The number of allylic oxidation sites excluding steroid dienone is 2. The number of esters is 1. The molecule has 1 aliphatic heterocycles. The molecule has 2 aliphatic carbocycles. The zero-order valence-electron chi connectivity index (χ0n) is 15.4. The minimum absolute atomic E-state index is 0.138. The molecule has 1 heterocycles. The third-order valence-corrected chi connectivity index (χ3v) is 6.07. The van der Waals surface area contributed by atoms with Crippen molar-refractivity contribution >= 4 is 23.5 Å². The van der Waals surface area contributed by atoms with Gasteiger partial charge in [-0.05, 0) is 49.4 Å². The van der Waals surface area contributed by atoms with Crippen molar-refractivity contribution in [1.82, 2.24) is 0 Å². The lowest BCUT2D eigenvalue weighted by Gasteiger charge is -2.20. The summed E-state index contributed by atoms with van der Waals surface area (Å²) in [6, 6.07) is 13.8. The van der Waals surface area contributed by atoms with Crippen LogP contribution in [-0.2, 0) is 9.59 Å². The van der Waals surface area contributed by atoms with Gasteiger partial charge in [0.15, 0.2) is 5.75 Å². The number of hydrogen-bond donors (Lipinski definition) is 0. The molecule has 1 saturated carbocycles. The van der Waals surface area contributed by atoms with Crippen LogP contribution in [0, 0.1) is 30.6 Å². The summed E-state index contributed by atoms with van der Waals surface area (Å²) in [4.78, 5) is 39.9. The predicted octanol–water partition coefficient (Wildman–Crippen LogP) is 3.53. The Hall–Kier alpha value is -3.21. The van der Waals surface area contributed by atoms with Crippen molar-refractivity contribution in [3.63, 3.8) is 0 Å². The second-order valence-electron chi connectivity index (χ2n) is 7.74. The van der Waals surface area contributed by atoms with E-state index in [0.29, 0.717) is 11.3 Å². The number of ether oxygens (including phenoxy) is 1. The summed E-state index contributed by atoms with van der Waals surface area (Å²) in [6.07, 6.45) is 5.00. The largest absolute Gasteiger partial charge is 0.421 e. The number of amides is 2. The fraction of sp³-hybridized carbons (Fsp3) is 0.261. The predicted molar refractivity (Wildman–Crippen MR) is 103 cm³/mol. The van der Waals surface area contributed by atoms with Crippen LogP contribution in [0.1, 0.15) is 22.3 Å². The van der Waals surface area contributed by atoms with Crippen LogP contribution >= 0.6 is 0 Å². The fourth-order valence-electron chi connectivity index (χ4n) is 4.72. The lowest BCUT2D eigenvalue weighted by molar-refractivity contribution is -0.123. The van der Waals surface area contributed by atoms with Crippen LogP contribution in [0.3, 0.4) is 0 Å². The van der Waals surface area contributed by atoms with Gasteiger partial charge in [-0.1, -0.05) is 42.0 Å². The van der Waals surface area contributed by atoms with Crippen LogP contribution in [0.2, 0.25) is 0 Å². The number of aryl methyl sites for hydroxylation is 1. The van der Waals surface area contributed by atoms with Crippen molar-refractivity contribution < 1.29 is 19.1 Å². The quantitative estimate of drug-likeness (QED) is 0.357. The third-order valence-electron chi connectivity index (χ3n) is 6.07. The molecule has 3 aliphatic rings. The van der Waals surface area contributed by atoms with Crippen LogP contribution in [0.5, 0.6) is 5.75 Å². The van der Waals surface area contributed by atoms with E-state index in [1.807, 2.05) is 19.1 Å². The highest BCUT2D eigenvalue weighted by Crippen LogP contribution is 2.53. The first-order valence-electron chi connectivity index (χ1n) is 9.48. The van der Waals surface area contributed by atoms with E-state index in [-0.39, 0.29) is 41.2 Å². The molecule has 0 N–H and O–H groups in total. The second kappa shape index (κ2) is 6.16. The fourth-order valence-corrected chi connectivity index (χ4v) is 4.72. The van der Waals surface area contributed by atoms with E-state index in [9.17, 15) is 14.4 Å². The van der Waals surface area contributed by atoms with Crippen LogP contribution < -0.4 is 9.64 Å². The van der Waals surface area contributed by atoms with Gasteiger partial charge >= 0.3 is 5.97 Å². The van der Waals surface area contributed by atoms with Crippen LogP contribution in [-0.4, -0.2) is 17.8 Å². The number of rotatable bonds is 3. The summed E-state index contributed by atoms with van der Waals surface area (Å²) in [5.74, 6) is -0.982. The summed E-state index contributed by atoms with van der Waals surface area (Å²) in [5.41, 5.74) is 1.80. The number of anilines is 1. The van der Waals surface area contributed by atoms with Gasteiger partial charge in [-0.25, -0.2) is 9.69 Å². The van der Waals surface area contributed by atoms with Gasteiger partial charge in [-0.2, -0.15) is 0 Å². The van der Waals surface area contributed by atoms with E-state index in [1.165, 1.54) is 4.90 Å². The van der Waals surface area contributed by atoms with Gasteiger partial charge < -0.3 is 4.74 Å². The van der Waals surface area contributed by atoms with Crippen molar-refractivity contribution in [2.24, 2.45) is 23.7 Å². The van der Waals surface area contributed by atoms with Gasteiger partial charge in [0, 0.05) is 0 Å². The molecule has 2 bridgehead atoms. The standard InChI is InChI=1S/C23H19NO4/c1-13-6-8-14(9-7-13)23(27)28-18-5-3-2-4-17(18)24-21(25)19-15-10-11-16(12-15)20(19)22(24)26/h2-11,15-16,19-20H,12H2,1H3. The summed E-state index contributed by atoms with van der Waals surface area (Å²) in [6.45, 7) is 1.94.